The minimum absolute atomic E-state index is 0.327. The van der Waals surface area contributed by atoms with Crippen LogP contribution in [0.15, 0.2) is 24.5 Å². The van der Waals surface area contributed by atoms with E-state index in [9.17, 15) is 10.2 Å². The number of nitrogens with one attached hydrogen (secondary N) is 1. The molecule has 0 saturated carbocycles. The van der Waals surface area contributed by atoms with E-state index in [1.165, 1.54) is 0 Å². The Hall–Kier alpha value is -1.21. The van der Waals surface area contributed by atoms with Crippen LogP contribution in [0.3, 0.4) is 0 Å². The third-order valence-electron chi connectivity index (χ3n) is 2.53. The van der Waals surface area contributed by atoms with Crippen LogP contribution in [0.1, 0.15) is 0 Å². The lowest BCUT2D eigenvalue weighted by molar-refractivity contribution is -0.0153. The van der Waals surface area contributed by atoms with E-state index < -0.39 is 24.5 Å². The number of aromatic nitrogens is 1. The molecule has 1 aromatic heterocycles. The fourth-order valence-corrected chi connectivity index (χ4v) is 1.63. The standard InChI is InChI=1S/C10H14N2O4/c13-5-7-8(14)9(15)10(16-7)12-6-1-3-11-4-2-6/h1-4,7-10,13-15H,5H2,(H,11,12)/t7-,8-,9-,10-/m1/s1. The van der Waals surface area contributed by atoms with E-state index in [-0.39, 0.29) is 6.61 Å². The summed E-state index contributed by atoms with van der Waals surface area (Å²) in [4.78, 5) is 3.85. The van der Waals surface area contributed by atoms with Crippen molar-refractivity contribution in [1.29, 1.82) is 0 Å². The molecular weight excluding hydrogens is 212 g/mol. The van der Waals surface area contributed by atoms with Gasteiger partial charge in [-0.15, -0.1) is 0 Å². The van der Waals surface area contributed by atoms with Crippen LogP contribution in [0.25, 0.3) is 0 Å². The molecule has 4 N–H and O–H groups in total. The Bertz CT molecular complexity index is 335. The lowest BCUT2D eigenvalue weighted by Gasteiger charge is -2.17. The summed E-state index contributed by atoms with van der Waals surface area (Å²) in [6.45, 7) is -0.327. The Morgan fingerprint density at radius 1 is 1.25 bits per heavy atom. The lowest BCUT2D eigenvalue weighted by atomic mass is 10.1. The molecule has 1 aliphatic heterocycles. The molecule has 1 aliphatic rings. The number of aliphatic hydroxyl groups excluding tert-OH is 3. The molecule has 0 radical (unpaired) electrons. The van der Waals surface area contributed by atoms with Crippen LogP contribution < -0.4 is 5.32 Å². The number of anilines is 1. The Morgan fingerprint density at radius 3 is 2.50 bits per heavy atom. The zero-order valence-corrected chi connectivity index (χ0v) is 8.52. The van der Waals surface area contributed by atoms with Crippen molar-refractivity contribution in [3.63, 3.8) is 0 Å². The van der Waals surface area contributed by atoms with Gasteiger partial charge in [0.05, 0.1) is 6.61 Å². The quantitative estimate of drug-likeness (QED) is 0.524. The minimum atomic E-state index is -1.08. The molecule has 1 aromatic rings. The predicted octanol–water partition coefficient (Wildman–Crippen LogP) is -1.07. The lowest BCUT2D eigenvalue weighted by Crippen LogP contribution is -2.36. The van der Waals surface area contributed by atoms with Gasteiger partial charge in [0.25, 0.3) is 0 Å². The van der Waals surface area contributed by atoms with Gasteiger partial charge < -0.3 is 25.4 Å². The van der Waals surface area contributed by atoms with Gasteiger partial charge >= 0.3 is 0 Å². The highest BCUT2D eigenvalue weighted by Crippen LogP contribution is 2.22. The number of pyridine rings is 1. The van der Waals surface area contributed by atoms with Crippen LogP contribution >= 0.6 is 0 Å². The Kier molecular flexibility index (Phi) is 3.35. The molecule has 6 heteroatoms. The third kappa shape index (κ3) is 2.14. The summed E-state index contributed by atoms with van der Waals surface area (Å²) >= 11 is 0. The highest BCUT2D eigenvalue weighted by atomic mass is 16.6. The molecule has 1 fully saturated rings. The van der Waals surface area contributed by atoms with Crippen molar-refractivity contribution < 1.29 is 20.1 Å². The first-order chi connectivity index (χ1) is 7.72. The van der Waals surface area contributed by atoms with Crippen LogP contribution in [-0.4, -0.2) is 51.5 Å². The van der Waals surface area contributed by atoms with Gasteiger partial charge in [-0.1, -0.05) is 0 Å². The molecule has 0 unspecified atom stereocenters. The maximum atomic E-state index is 9.66. The summed E-state index contributed by atoms with van der Waals surface area (Å²) in [5, 5.41) is 31.0. The molecule has 1 saturated heterocycles. The largest absolute Gasteiger partial charge is 0.394 e. The Balaban J connectivity index is 2.01. The van der Waals surface area contributed by atoms with E-state index in [2.05, 4.69) is 10.3 Å². The number of hydrogen-bond acceptors (Lipinski definition) is 6. The number of ether oxygens (including phenoxy) is 1. The summed E-state index contributed by atoms with van der Waals surface area (Å²) in [5.41, 5.74) is 0.727. The second-order valence-corrected chi connectivity index (χ2v) is 3.64. The van der Waals surface area contributed by atoms with Crippen LogP contribution in [0.4, 0.5) is 5.69 Å². The van der Waals surface area contributed by atoms with Gasteiger partial charge in [0.15, 0.2) is 6.23 Å². The summed E-state index contributed by atoms with van der Waals surface area (Å²) < 4.78 is 5.26. The van der Waals surface area contributed by atoms with E-state index in [1.54, 1.807) is 24.5 Å². The van der Waals surface area contributed by atoms with Crippen molar-refractivity contribution in [2.45, 2.75) is 24.5 Å². The molecule has 0 spiro atoms. The van der Waals surface area contributed by atoms with Crippen molar-refractivity contribution in [2.75, 3.05) is 11.9 Å². The highest BCUT2D eigenvalue weighted by molar-refractivity contribution is 5.41. The van der Waals surface area contributed by atoms with E-state index in [4.69, 9.17) is 9.84 Å². The topological polar surface area (TPSA) is 94.8 Å². The second kappa shape index (κ2) is 4.75. The number of aliphatic hydroxyl groups is 3. The molecule has 0 aliphatic carbocycles. The monoisotopic (exact) mass is 226 g/mol. The molecule has 4 atom stereocenters. The zero-order chi connectivity index (χ0) is 11.5. The molecule has 16 heavy (non-hydrogen) atoms. The smallest absolute Gasteiger partial charge is 0.157 e. The van der Waals surface area contributed by atoms with Gasteiger partial charge in [-0.05, 0) is 12.1 Å². The van der Waals surface area contributed by atoms with Crippen molar-refractivity contribution >= 4 is 5.69 Å². The zero-order valence-electron chi connectivity index (χ0n) is 8.52. The van der Waals surface area contributed by atoms with Crippen molar-refractivity contribution in [3.8, 4) is 0 Å². The van der Waals surface area contributed by atoms with Gasteiger partial charge in [-0.3, -0.25) is 4.98 Å². The molecule has 2 heterocycles. The normalized spacial score (nSPS) is 33.9. The number of hydrogen-bond donors (Lipinski definition) is 4. The van der Waals surface area contributed by atoms with Crippen LogP contribution in [0.5, 0.6) is 0 Å². The van der Waals surface area contributed by atoms with Crippen LogP contribution in [-0.2, 0) is 4.74 Å². The summed E-state index contributed by atoms with van der Waals surface area (Å²) in [6, 6.07) is 3.43. The van der Waals surface area contributed by atoms with Crippen LogP contribution in [0.2, 0.25) is 0 Å². The van der Waals surface area contributed by atoms with Gasteiger partial charge in [0.2, 0.25) is 0 Å². The number of nitrogens with zero attached hydrogens (tertiary/aromatic N) is 1. The van der Waals surface area contributed by atoms with Gasteiger partial charge in [-0.2, -0.15) is 0 Å². The molecule has 2 rings (SSSR count). The molecular formula is C10H14N2O4. The molecule has 6 nitrogen and oxygen atoms in total. The van der Waals surface area contributed by atoms with E-state index in [0.29, 0.717) is 0 Å². The average molecular weight is 226 g/mol. The third-order valence-corrected chi connectivity index (χ3v) is 2.53. The molecule has 0 amide bonds. The van der Waals surface area contributed by atoms with Crippen molar-refractivity contribution in [3.05, 3.63) is 24.5 Å². The average Bonchev–Trinajstić information content (AvgIpc) is 2.58. The predicted molar refractivity (Wildman–Crippen MR) is 55.6 cm³/mol. The van der Waals surface area contributed by atoms with Gasteiger partial charge in [-0.25, -0.2) is 0 Å². The Labute approximate surface area is 92.5 Å². The highest BCUT2D eigenvalue weighted by Gasteiger charge is 2.42. The fraction of sp³-hybridized carbons (Fsp3) is 0.500. The summed E-state index contributed by atoms with van der Waals surface area (Å²) in [5.74, 6) is 0. The summed E-state index contributed by atoms with van der Waals surface area (Å²) in [6.07, 6.45) is -0.425. The first-order valence-corrected chi connectivity index (χ1v) is 5.01. The maximum absolute atomic E-state index is 9.66. The first-order valence-electron chi connectivity index (χ1n) is 5.01. The molecule has 0 aromatic carbocycles. The Morgan fingerprint density at radius 2 is 1.94 bits per heavy atom. The van der Waals surface area contributed by atoms with Crippen molar-refractivity contribution in [1.82, 2.24) is 4.98 Å². The van der Waals surface area contributed by atoms with Gasteiger partial charge in [0, 0.05) is 18.1 Å². The van der Waals surface area contributed by atoms with Crippen molar-refractivity contribution in [2.24, 2.45) is 0 Å². The molecule has 88 valence electrons. The van der Waals surface area contributed by atoms with E-state index in [0.717, 1.165) is 5.69 Å². The van der Waals surface area contributed by atoms with E-state index >= 15 is 0 Å². The maximum Gasteiger partial charge on any atom is 0.157 e. The van der Waals surface area contributed by atoms with Gasteiger partial charge in [0.1, 0.15) is 18.3 Å². The van der Waals surface area contributed by atoms with Crippen LogP contribution in [0, 0.1) is 0 Å². The fourth-order valence-electron chi connectivity index (χ4n) is 1.63. The molecule has 0 bridgehead atoms. The minimum Gasteiger partial charge on any atom is -0.394 e. The first kappa shape index (κ1) is 11.3. The second-order valence-electron chi connectivity index (χ2n) is 3.64. The number of rotatable bonds is 3. The SMILES string of the molecule is OC[C@H]1O[C@@H](Nc2ccncc2)[C@H](O)[C@@H]1O. The van der Waals surface area contributed by atoms with E-state index in [1.807, 2.05) is 0 Å². The summed E-state index contributed by atoms with van der Waals surface area (Å²) in [7, 11) is 0.